The number of urea groups is 1. The van der Waals surface area contributed by atoms with Crippen LogP contribution >= 0.6 is 0 Å². The van der Waals surface area contributed by atoms with Gasteiger partial charge in [0, 0.05) is 11.3 Å². The molecule has 2 aromatic carbocycles. The fourth-order valence-electron chi connectivity index (χ4n) is 2.27. The molecular weight excluding hydrogens is 351 g/mol. The first-order chi connectivity index (χ1) is 12.9. The summed E-state index contributed by atoms with van der Waals surface area (Å²) >= 11 is 0. The first-order valence-corrected chi connectivity index (χ1v) is 8.45. The van der Waals surface area contributed by atoms with Crippen molar-refractivity contribution in [3.8, 4) is 0 Å². The largest absolute Gasteiger partial charge is 0.456 e. The number of ketones is 1. The van der Waals surface area contributed by atoms with Crippen molar-refractivity contribution in [1.29, 1.82) is 0 Å². The standard InChI is InChI=1S/C20H21FN2O4/c1-13(2)18(23-20(26)22-16-6-4-3-5-7-16)19(25)27-12-17(24)14-8-10-15(21)11-9-14/h3-11,13,18H,12H2,1-2H3,(H2,22,23,26)/t18-/m0/s1. The second-order valence-corrected chi connectivity index (χ2v) is 6.22. The van der Waals surface area contributed by atoms with Gasteiger partial charge in [0.15, 0.2) is 12.4 Å². The average Bonchev–Trinajstić information content (AvgIpc) is 2.65. The van der Waals surface area contributed by atoms with Gasteiger partial charge in [0.1, 0.15) is 11.9 Å². The molecule has 0 aromatic heterocycles. The number of rotatable bonds is 7. The maximum atomic E-state index is 12.9. The Kier molecular flexibility index (Phi) is 7.05. The predicted octanol–water partition coefficient (Wildman–Crippen LogP) is 3.40. The Hall–Kier alpha value is -3.22. The maximum Gasteiger partial charge on any atom is 0.329 e. The fourth-order valence-corrected chi connectivity index (χ4v) is 2.27. The van der Waals surface area contributed by atoms with Crippen molar-refractivity contribution in [2.75, 3.05) is 11.9 Å². The highest BCUT2D eigenvalue weighted by Crippen LogP contribution is 2.09. The SMILES string of the molecule is CC(C)[C@H](NC(=O)Nc1ccccc1)C(=O)OCC(=O)c1ccc(F)cc1. The van der Waals surface area contributed by atoms with Crippen molar-refractivity contribution >= 4 is 23.5 Å². The van der Waals surface area contributed by atoms with Gasteiger partial charge in [0.2, 0.25) is 0 Å². The minimum atomic E-state index is -0.922. The molecule has 2 rings (SSSR count). The number of amides is 2. The number of halogens is 1. The Morgan fingerprint density at radius 1 is 1.00 bits per heavy atom. The third-order valence-corrected chi connectivity index (χ3v) is 3.75. The molecule has 0 unspecified atom stereocenters. The summed E-state index contributed by atoms with van der Waals surface area (Å²) in [6, 6.07) is 12.2. The molecule has 0 bridgehead atoms. The molecule has 0 spiro atoms. The van der Waals surface area contributed by atoms with E-state index in [1.807, 2.05) is 6.07 Å². The molecule has 0 aliphatic carbocycles. The summed E-state index contributed by atoms with van der Waals surface area (Å²) in [6.45, 7) is 3.00. The number of carbonyl (C=O) groups is 3. The monoisotopic (exact) mass is 372 g/mol. The minimum absolute atomic E-state index is 0.236. The zero-order chi connectivity index (χ0) is 19.8. The van der Waals surface area contributed by atoms with E-state index in [2.05, 4.69) is 10.6 Å². The molecule has 0 heterocycles. The van der Waals surface area contributed by atoms with Crippen LogP contribution in [0.4, 0.5) is 14.9 Å². The smallest absolute Gasteiger partial charge is 0.329 e. The molecule has 0 radical (unpaired) electrons. The van der Waals surface area contributed by atoms with Gasteiger partial charge in [-0.15, -0.1) is 0 Å². The summed E-state index contributed by atoms with van der Waals surface area (Å²) in [6.07, 6.45) is 0. The second kappa shape index (κ2) is 9.47. The van der Waals surface area contributed by atoms with Crippen LogP contribution in [-0.4, -0.2) is 30.4 Å². The lowest BCUT2D eigenvalue weighted by Crippen LogP contribution is -2.47. The summed E-state index contributed by atoms with van der Waals surface area (Å²) in [5, 5.41) is 5.17. The van der Waals surface area contributed by atoms with Crippen LogP contribution in [0.15, 0.2) is 54.6 Å². The van der Waals surface area contributed by atoms with Gasteiger partial charge in [0.25, 0.3) is 0 Å². The van der Waals surface area contributed by atoms with Crippen LogP contribution in [0.2, 0.25) is 0 Å². The molecule has 0 aliphatic rings. The van der Waals surface area contributed by atoms with Crippen LogP contribution in [-0.2, 0) is 9.53 Å². The van der Waals surface area contributed by atoms with Crippen molar-refractivity contribution in [1.82, 2.24) is 5.32 Å². The quantitative estimate of drug-likeness (QED) is 0.576. The highest BCUT2D eigenvalue weighted by molar-refractivity contribution is 5.98. The van der Waals surface area contributed by atoms with Gasteiger partial charge in [-0.3, -0.25) is 4.79 Å². The van der Waals surface area contributed by atoms with Crippen LogP contribution < -0.4 is 10.6 Å². The van der Waals surface area contributed by atoms with Crippen molar-refractivity contribution in [3.05, 3.63) is 66.0 Å². The van der Waals surface area contributed by atoms with Gasteiger partial charge >= 0.3 is 12.0 Å². The van der Waals surface area contributed by atoms with Gasteiger partial charge in [0.05, 0.1) is 0 Å². The predicted molar refractivity (Wildman–Crippen MR) is 98.9 cm³/mol. The summed E-state index contributed by atoms with van der Waals surface area (Å²) in [5.41, 5.74) is 0.817. The van der Waals surface area contributed by atoms with E-state index in [0.717, 1.165) is 12.1 Å². The van der Waals surface area contributed by atoms with Gasteiger partial charge < -0.3 is 15.4 Å². The van der Waals surface area contributed by atoms with Crippen LogP contribution in [0.1, 0.15) is 24.2 Å². The molecule has 142 valence electrons. The Bertz CT molecular complexity index is 791. The van der Waals surface area contributed by atoms with Crippen LogP contribution in [0, 0.1) is 11.7 Å². The Balaban J connectivity index is 1.91. The zero-order valence-electron chi connectivity index (χ0n) is 15.1. The number of anilines is 1. The highest BCUT2D eigenvalue weighted by Gasteiger charge is 2.26. The molecule has 2 N–H and O–H groups in total. The topological polar surface area (TPSA) is 84.5 Å². The fraction of sp³-hybridized carbons (Fsp3) is 0.250. The van der Waals surface area contributed by atoms with Crippen LogP contribution in [0.3, 0.4) is 0 Å². The van der Waals surface area contributed by atoms with Gasteiger partial charge in [-0.05, 0) is 42.3 Å². The van der Waals surface area contributed by atoms with E-state index < -0.39 is 36.2 Å². The lowest BCUT2D eigenvalue weighted by atomic mass is 10.1. The number of ether oxygens (including phenoxy) is 1. The van der Waals surface area contributed by atoms with E-state index in [9.17, 15) is 18.8 Å². The van der Waals surface area contributed by atoms with E-state index >= 15 is 0 Å². The normalized spacial score (nSPS) is 11.6. The van der Waals surface area contributed by atoms with Crippen LogP contribution in [0.25, 0.3) is 0 Å². The van der Waals surface area contributed by atoms with Crippen LogP contribution in [0.5, 0.6) is 0 Å². The molecule has 7 heteroatoms. The minimum Gasteiger partial charge on any atom is -0.456 e. The number of esters is 1. The van der Waals surface area contributed by atoms with Crippen molar-refractivity contribution in [2.24, 2.45) is 5.92 Å². The Labute approximate surface area is 156 Å². The van der Waals surface area contributed by atoms with Crippen molar-refractivity contribution < 1.29 is 23.5 Å². The summed E-state index contributed by atoms with van der Waals surface area (Å²) in [4.78, 5) is 36.4. The molecular formula is C20H21FN2O4. The molecule has 0 saturated carbocycles. The number of nitrogens with one attached hydrogen (secondary N) is 2. The molecule has 6 nitrogen and oxygen atoms in total. The number of hydrogen-bond acceptors (Lipinski definition) is 4. The summed E-state index contributed by atoms with van der Waals surface area (Å²) in [5.74, 6) is -1.89. The van der Waals surface area contributed by atoms with Gasteiger partial charge in [-0.2, -0.15) is 0 Å². The van der Waals surface area contributed by atoms with Gasteiger partial charge in [-0.1, -0.05) is 32.0 Å². The molecule has 27 heavy (non-hydrogen) atoms. The molecule has 0 fully saturated rings. The van der Waals surface area contributed by atoms with E-state index in [4.69, 9.17) is 4.74 Å². The van der Waals surface area contributed by atoms with Gasteiger partial charge in [-0.25, -0.2) is 14.0 Å². The van der Waals surface area contributed by atoms with E-state index in [1.165, 1.54) is 12.1 Å². The summed E-state index contributed by atoms with van der Waals surface area (Å²) < 4.78 is 17.9. The number of hydrogen-bond donors (Lipinski definition) is 2. The second-order valence-electron chi connectivity index (χ2n) is 6.22. The average molecular weight is 372 g/mol. The van der Waals surface area contributed by atoms with Crippen molar-refractivity contribution in [2.45, 2.75) is 19.9 Å². The molecule has 1 atom stereocenters. The Morgan fingerprint density at radius 3 is 2.22 bits per heavy atom. The first kappa shape index (κ1) is 20.1. The maximum absolute atomic E-state index is 12.9. The lowest BCUT2D eigenvalue weighted by Gasteiger charge is -2.21. The Morgan fingerprint density at radius 2 is 1.63 bits per heavy atom. The molecule has 2 amide bonds. The van der Waals surface area contributed by atoms with Crippen molar-refractivity contribution in [3.63, 3.8) is 0 Å². The number of para-hydroxylation sites is 1. The molecule has 0 saturated heterocycles. The van der Waals surface area contributed by atoms with E-state index in [-0.39, 0.29) is 11.5 Å². The molecule has 0 aliphatic heterocycles. The zero-order valence-corrected chi connectivity index (χ0v) is 15.1. The summed E-state index contributed by atoms with van der Waals surface area (Å²) in [7, 11) is 0. The third-order valence-electron chi connectivity index (χ3n) is 3.75. The number of benzene rings is 2. The number of Topliss-reactive ketones (excluding diaryl/α,β-unsaturated/α-hetero) is 1. The molecule has 2 aromatic rings. The van der Waals surface area contributed by atoms with E-state index in [1.54, 1.807) is 38.1 Å². The highest BCUT2D eigenvalue weighted by atomic mass is 19.1. The third kappa shape index (κ3) is 6.22. The van der Waals surface area contributed by atoms with E-state index in [0.29, 0.717) is 5.69 Å². The number of carbonyl (C=O) groups excluding carboxylic acids is 3. The lowest BCUT2D eigenvalue weighted by molar-refractivity contribution is -0.145. The first-order valence-electron chi connectivity index (χ1n) is 8.45.